The molecule has 0 radical (unpaired) electrons. The number of carbonyl (C=O) groups excluding carboxylic acids is 1. The lowest BCUT2D eigenvalue weighted by Gasteiger charge is -1.99. The molecule has 0 amide bonds. The normalized spacial score (nSPS) is 8.79. The van der Waals surface area contributed by atoms with Crippen molar-refractivity contribution in [3.05, 3.63) is 18.7 Å². The number of aromatic nitrogens is 2. The summed E-state index contributed by atoms with van der Waals surface area (Å²) in [5.41, 5.74) is 0. The van der Waals surface area contributed by atoms with Crippen molar-refractivity contribution in [3.63, 3.8) is 0 Å². The summed E-state index contributed by atoms with van der Waals surface area (Å²) in [6.07, 6.45) is 4.68. The van der Waals surface area contributed by atoms with Crippen LogP contribution in [0.15, 0.2) is 18.7 Å². The maximum absolute atomic E-state index is 9.27. The zero-order valence-electron chi connectivity index (χ0n) is 8.77. The van der Waals surface area contributed by atoms with Crippen LogP contribution in [0.5, 0.6) is 0 Å². The molecule has 1 aromatic rings. The van der Waals surface area contributed by atoms with E-state index in [0.717, 1.165) is 6.54 Å². The molecule has 0 aromatic carbocycles. The molecule has 0 unspecified atom stereocenters. The number of carbonyl (C=O) groups is 1. The molecule has 0 aliphatic rings. The highest BCUT2D eigenvalue weighted by Crippen LogP contribution is 1.79. The number of carboxylic acid groups (broad SMARTS) is 1. The zero-order chi connectivity index (χ0) is 11.0. The first-order valence-corrected chi connectivity index (χ1v) is 4.44. The van der Waals surface area contributed by atoms with Gasteiger partial charge >= 0.3 is 0 Å². The maximum atomic E-state index is 9.27. The molecule has 0 atom stereocenters. The van der Waals surface area contributed by atoms with Gasteiger partial charge in [0.15, 0.2) is 0 Å². The number of hydrogen-bond donors (Lipinski definition) is 0. The summed E-state index contributed by atoms with van der Waals surface area (Å²) >= 11 is 0. The molecule has 1 aromatic heterocycles. The number of nitrogens with zero attached hydrogens (tertiary/aromatic N) is 2. The Morgan fingerprint density at radius 2 is 2.21 bits per heavy atom. The molecule has 0 N–H and O–H groups in total. The van der Waals surface area contributed by atoms with Crippen LogP contribution in [0, 0.1) is 0 Å². The summed E-state index contributed by atoms with van der Waals surface area (Å²) in [4.78, 5) is 9.27. The van der Waals surface area contributed by atoms with E-state index in [-0.39, 0.29) is 6.61 Å². The third-order valence-electron chi connectivity index (χ3n) is 1.45. The standard InChI is InChI=1S/C6H11N2.C3H6O3/c1-3-8-5-4-7(2)6-8;1-2-6-3(4)5/h4-6H,3H2,1-2H3;2H2,1H3,(H,4,5)/q+1;/p-1. The molecule has 1 rings (SSSR count). The van der Waals surface area contributed by atoms with Gasteiger partial charge in [-0.15, -0.1) is 0 Å². The van der Waals surface area contributed by atoms with Gasteiger partial charge in [-0.3, -0.25) is 0 Å². The van der Waals surface area contributed by atoms with E-state index in [1.54, 1.807) is 6.92 Å². The van der Waals surface area contributed by atoms with Gasteiger partial charge in [-0.25, -0.2) is 9.13 Å². The van der Waals surface area contributed by atoms with E-state index in [0.29, 0.717) is 0 Å². The molecule has 5 heteroatoms. The van der Waals surface area contributed by atoms with Crippen LogP contribution in [0.1, 0.15) is 13.8 Å². The van der Waals surface area contributed by atoms with Crippen molar-refractivity contribution in [1.82, 2.24) is 4.57 Å². The Morgan fingerprint density at radius 1 is 1.57 bits per heavy atom. The fourth-order valence-electron chi connectivity index (χ4n) is 0.807. The average molecular weight is 200 g/mol. The second-order valence-electron chi connectivity index (χ2n) is 2.59. The van der Waals surface area contributed by atoms with Crippen molar-refractivity contribution in [2.45, 2.75) is 20.4 Å². The van der Waals surface area contributed by atoms with E-state index in [2.05, 4.69) is 28.8 Å². The van der Waals surface area contributed by atoms with E-state index in [1.807, 2.05) is 17.8 Å². The second-order valence-corrected chi connectivity index (χ2v) is 2.59. The topological polar surface area (TPSA) is 58.2 Å². The first kappa shape index (κ1) is 12.5. The fraction of sp³-hybridized carbons (Fsp3) is 0.556. The average Bonchev–Trinajstić information content (AvgIpc) is 2.52. The third kappa shape index (κ3) is 6.05. The number of rotatable bonds is 2. The lowest BCUT2D eigenvalue weighted by Crippen LogP contribution is -2.23. The molecule has 1 heterocycles. The van der Waals surface area contributed by atoms with E-state index >= 15 is 0 Å². The molecule has 0 aliphatic heterocycles. The van der Waals surface area contributed by atoms with Gasteiger partial charge in [0.2, 0.25) is 6.33 Å². The second kappa shape index (κ2) is 6.94. The largest absolute Gasteiger partial charge is 0.550 e. The minimum absolute atomic E-state index is 0.169. The summed E-state index contributed by atoms with van der Waals surface area (Å²) in [5, 5.41) is 9.27. The van der Waals surface area contributed by atoms with Crippen molar-refractivity contribution < 1.29 is 19.2 Å². The molecule has 5 nitrogen and oxygen atoms in total. The Balaban J connectivity index is 0.000000255. The summed E-state index contributed by atoms with van der Waals surface area (Å²) in [7, 11) is 2.02. The van der Waals surface area contributed by atoms with Crippen LogP contribution in [0.2, 0.25) is 0 Å². The number of ether oxygens (including phenoxy) is 1. The summed E-state index contributed by atoms with van der Waals surface area (Å²) in [6, 6.07) is 0. The van der Waals surface area contributed by atoms with Crippen molar-refractivity contribution in [1.29, 1.82) is 0 Å². The van der Waals surface area contributed by atoms with Crippen LogP contribution in [0.25, 0.3) is 0 Å². The van der Waals surface area contributed by atoms with E-state index in [9.17, 15) is 9.90 Å². The SMILES string of the molecule is CCOC(=O)[O-].CCn1cc[n+](C)c1. The molecule has 0 bridgehead atoms. The van der Waals surface area contributed by atoms with Crippen LogP contribution in [0.4, 0.5) is 4.79 Å². The molecule has 0 saturated carbocycles. The van der Waals surface area contributed by atoms with Crippen LogP contribution in [-0.4, -0.2) is 17.3 Å². The number of hydrogen-bond acceptors (Lipinski definition) is 3. The minimum atomic E-state index is -1.46. The molecule has 0 fully saturated rings. The smallest absolute Gasteiger partial charge is 0.251 e. The van der Waals surface area contributed by atoms with Gasteiger partial charge in [0.1, 0.15) is 12.4 Å². The summed E-state index contributed by atoms with van der Waals surface area (Å²) in [5.74, 6) is 0. The van der Waals surface area contributed by atoms with Crippen LogP contribution < -0.4 is 9.67 Å². The summed E-state index contributed by atoms with van der Waals surface area (Å²) < 4.78 is 8.00. The Hall–Kier alpha value is -1.52. The van der Waals surface area contributed by atoms with Gasteiger partial charge in [-0.2, -0.15) is 0 Å². The maximum Gasteiger partial charge on any atom is 0.251 e. The molecule has 0 spiro atoms. The lowest BCUT2D eigenvalue weighted by atomic mass is 10.7. The predicted octanol–water partition coefficient (Wildman–Crippen LogP) is -0.301. The van der Waals surface area contributed by atoms with Gasteiger partial charge in [0.05, 0.1) is 13.6 Å². The van der Waals surface area contributed by atoms with E-state index < -0.39 is 6.16 Å². The van der Waals surface area contributed by atoms with Crippen LogP contribution in [-0.2, 0) is 18.3 Å². The Kier molecular flexibility index (Phi) is 6.19. The highest BCUT2D eigenvalue weighted by molar-refractivity contribution is 5.53. The molecular formula is C9H16N2O3. The Bertz CT molecular complexity index is 271. The molecule has 0 saturated heterocycles. The zero-order valence-corrected chi connectivity index (χ0v) is 8.77. The molecule has 0 aliphatic carbocycles. The fourth-order valence-corrected chi connectivity index (χ4v) is 0.807. The van der Waals surface area contributed by atoms with Crippen LogP contribution >= 0.6 is 0 Å². The Labute approximate surface area is 83.5 Å². The Morgan fingerprint density at radius 3 is 2.36 bits per heavy atom. The monoisotopic (exact) mass is 200 g/mol. The van der Waals surface area contributed by atoms with E-state index in [1.165, 1.54) is 0 Å². The predicted molar refractivity (Wildman–Crippen MR) is 48.3 cm³/mol. The molecular weight excluding hydrogens is 184 g/mol. The lowest BCUT2D eigenvalue weighted by molar-refractivity contribution is -0.671. The molecule has 80 valence electrons. The first-order chi connectivity index (χ1) is 6.60. The first-order valence-electron chi connectivity index (χ1n) is 4.44. The van der Waals surface area contributed by atoms with Crippen molar-refractivity contribution in [3.8, 4) is 0 Å². The van der Waals surface area contributed by atoms with Gasteiger partial charge < -0.3 is 14.6 Å². The number of imidazole rings is 1. The quantitative estimate of drug-likeness (QED) is 0.486. The minimum Gasteiger partial charge on any atom is -0.550 e. The van der Waals surface area contributed by atoms with Gasteiger partial charge in [0.25, 0.3) is 6.16 Å². The highest BCUT2D eigenvalue weighted by atomic mass is 16.7. The highest BCUT2D eigenvalue weighted by Gasteiger charge is 1.92. The van der Waals surface area contributed by atoms with Gasteiger partial charge in [-0.05, 0) is 13.8 Å². The molecule has 14 heavy (non-hydrogen) atoms. The van der Waals surface area contributed by atoms with Crippen molar-refractivity contribution in [2.75, 3.05) is 6.61 Å². The van der Waals surface area contributed by atoms with Crippen LogP contribution in [0.3, 0.4) is 0 Å². The van der Waals surface area contributed by atoms with Crippen molar-refractivity contribution in [2.24, 2.45) is 7.05 Å². The third-order valence-corrected chi connectivity index (χ3v) is 1.45. The summed E-state index contributed by atoms with van der Waals surface area (Å²) in [6.45, 7) is 4.93. The van der Waals surface area contributed by atoms with Crippen molar-refractivity contribution >= 4 is 6.16 Å². The van der Waals surface area contributed by atoms with Gasteiger partial charge in [0, 0.05) is 6.61 Å². The van der Waals surface area contributed by atoms with E-state index in [4.69, 9.17) is 0 Å². The van der Waals surface area contributed by atoms with Gasteiger partial charge in [-0.1, -0.05) is 0 Å². The number of aryl methyl sites for hydroxylation is 2.